The van der Waals surface area contributed by atoms with Gasteiger partial charge in [-0.25, -0.2) is 0 Å². The van der Waals surface area contributed by atoms with Crippen LogP contribution in [-0.2, 0) is 14.6 Å². The van der Waals surface area contributed by atoms with E-state index < -0.39 is 0 Å². The summed E-state index contributed by atoms with van der Waals surface area (Å²) in [5.74, 6) is 0. The van der Waals surface area contributed by atoms with Crippen LogP contribution in [0.3, 0.4) is 0 Å². The molecule has 0 unspecified atom stereocenters. The zero-order valence-corrected chi connectivity index (χ0v) is 19.8. The molecule has 0 saturated carbocycles. The number of rotatable bonds is 6. The second-order valence-corrected chi connectivity index (χ2v) is 11.4. The normalized spacial score (nSPS) is 9.22. The first-order valence-corrected chi connectivity index (χ1v) is 13.8. The van der Waals surface area contributed by atoms with Gasteiger partial charge < -0.3 is 0 Å². The molecule has 23 heavy (non-hydrogen) atoms. The molecule has 1 aromatic carbocycles. The molecule has 0 aliphatic carbocycles. The van der Waals surface area contributed by atoms with E-state index in [1.54, 1.807) is 6.07 Å². The van der Waals surface area contributed by atoms with E-state index in [1.807, 2.05) is 18.2 Å². The van der Waals surface area contributed by atoms with Crippen molar-refractivity contribution < 1.29 is 14.6 Å². The molecule has 5 heteroatoms. The van der Waals surface area contributed by atoms with Gasteiger partial charge in [-0.2, -0.15) is 41.9 Å². The van der Waals surface area contributed by atoms with E-state index in [9.17, 15) is 0 Å². The Balaban J connectivity index is -0.000000247. The van der Waals surface area contributed by atoms with Gasteiger partial charge in [-0.15, -0.1) is 15.8 Å². The van der Waals surface area contributed by atoms with Crippen LogP contribution in [0, 0.1) is 6.07 Å². The third kappa shape index (κ3) is 23.2. The van der Waals surface area contributed by atoms with Crippen molar-refractivity contribution in [3.63, 3.8) is 0 Å². The predicted molar refractivity (Wildman–Crippen MR) is 113 cm³/mol. The molecule has 0 aliphatic heterocycles. The Labute approximate surface area is 165 Å². The van der Waals surface area contributed by atoms with Crippen molar-refractivity contribution in [3.8, 4) is 0 Å². The minimum atomic E-state index is 0.446. The van der Waals surface area contributed by atoms with Crippen LogP contribution in [0.15, 0.2) is 24.3 Å². The summed E-state index contributed by atoms with van der Waals surface area (Å²) in [5, 5.41) is 0.738. The molecule has 0 aliphatic rings. The van der Waals surface area contributed by atoms with Crippen LogP contribution in [0.5, 0.6) is 0 Å². The van der Waals surface area contributed by atoms with Gasteiger partial charge in [0.15, 0.2) is 0 Å². The number of halogens is 2. The van der Waals surface area contributed by atoms with Crippen LogP contribution in [0.25, 0.3) is 0 Å². The number of hydrogen-bond acceptors (Lipinski definition) is 0. The molecule has 1 rings (SSSR count). The van der Waals surface area contributed by atoms with E-state index in [0.29, 0.717) is 15.8 Å². The van der Waals surface area contributed by atoms with Crippen LogP contribution in [0.2, 0.25) is 5.02 Å². The van der Waals surface area contributed by atoms with Gasteiger partial charge in [0, 0.05) is 0 Å². The SMILES string of the molecule is CCP(CC)CC.CCP(CC)CC.Clc1c[c-]ccc1.[Cl][Ni]. The number of hydrogen-bond donors (Lipinski definition) is 0. The summed E-state index contributed by atoms with van der Waals surface area (Å²) in [6.07, 6.45) is 8.51. The standard InChI is InChI=1S/C6H4Cl.2C6H15P.ClH.Ni/c7-6-4-2-1-3-5-6;2*1-4-7(5-2)6-3;;/h1-2,4-5H;2*4-6H2,1-3H3;1H;/q-1;;;;+1/p-1. The van der Waals surface area contributed by atoms with Gasteiger partial charge in [-0.1, -0.05) is 46.6 Å². The summed E-state index contributed by atoms with van der Waals surface area (Å²) in [5.41, 5.74) is 0. The van der Waals surface area contributed by atoms with Crippen molar-refractivity contribution in [2.45, 2.75) is 41.5 Å². The fourth-order valence-corrected chi connectivity index (χ4v) is 4.53. The fraction of sp³-hybridized carbons (Fsp3) is 0.667. The first-order chi connectivity index (χ1) is 11.1. The van der Waals surface area contributed by atoms with Crippen molar-refractivity contribution in [2.75, 3.05) is 37.0 Å². The molecule has 141 valence electrons. The quantitative estimate of drug-likeness (QED) is 0.239. The summed E-state index contributed by atoms with van der Waals surface area (Å²) in [4.78, 5) is 0. The van der Waals surface area contributed by atoms with Gasteiger partial charge in [0.2, 0.25) is 0 Å². The molecule has 0 spiro atoms. The third-order valence-electron chi connectivity index (χ3n) is 3.35. The predicted octanol–water partition coefficient (Wildman–Crippen LogP) is 7.88. The van der Waals surface area contributed by atoms with Gasteiger partial charge >= 0.3 is 24.8 Å². The Morgan fingerprint density at radius 1 is 0.826 bits per heavy atom. The van der Waals surface area contributed by atoms with Crippen LogP contribution in [-0.4, -0.2) is 37.0 Å². The van der Waals surface area contributed by atoms with Crippen molar-refractivity contribution in [1.29, 1.82) is 0 Å². The molecule has 0 atom stereocenters. The van der Waals surface area contributed by atoms with Crippen LogP contribution in [0.1, 0.15) is 41.5 Å². The van der Waals surface area contributed by atoms with Gasteiger partial charge in [0.1, 0.15) is 0 Å². The van der Waals surface area contributed by atoms with E-state index in [1.165, 1.54) is 37.0 Å². The average molecular weight is 442 g/mol. The Kier molecular flexibility index (Phi) is 31.9. The minimum absolute atomic E-state index is 0.446. The molecule has 0 bridgehead atoms. The zero-order valence-electron chi connectivity index (χ0n) is 15.5. The third-order valence-corrected chi connectivity index (χ3v) is 8.95. The molecule has 0 saturated heterocycles. The molecule has 0 fully saturated rings. The zero-order chi connectivity index (χ0) is 18.5. The fourth-order valence-electron chi connectivity index (χ4n) is 1.71. The van der Waals surface area contributed by atoms with Gasteiger partial charge in [0.25, 0.3) is 0 Å². The van der Waals surface area contributed by atoms with E-state index in [4.69, 9.17) is 11.6 Å². The van der Waals surface area contributed by atoms with Crippen LogP contribution >= 0.6 is 37.6 Å². The second kappa shape index (κ2) is 25.4. The van der Waals surface area contributed by atoms with Gasteiger partial charge in [-0.05, 0) is 37.0 Å². The molecule has 1 aromatic rings. The van der Waals surface area contributed by atoms with Gasteiger partial charge in [0.05, 0.1) is 0 Å². The van der Waals surface area contributed by atoms with E-state index in [0.717, 1.165) is 5.02 Å². The summed E-state index contributed by atoms with van der Waals surface area (Å²) in [6.45, 7) is 13.7. The van der Waals surface area contributed by atoms with Crippen molar-refractivity contribution >= 4 is 37.6 Å². The Morgan fingerprint density at radius 2 is 1.17 bits per heavy atom. The van der Waals surface area contributed by atoms with E-state index in [2.05, 4.69) is 72.4 Å². The maximum absolute atomic E-state index is 5.51. The summed E-state index contributed by atoms with van der Waals surface area (Å²) in [6, 6.07) is 10.0. The van der Waals surface area contributed by atoms with Crippen molar-refractivity contribution in [2.24, 2.45) is 0 Å². The Morgan fingerprint density at radius 3 is 1.26 bits per heavy atom. The van der Waals surface area contributed by atoms with Crippen molar-refractivity contribution in [3.05, 3.63) is 35.4 Å². The van der Waals surface area contributed by atoms with E-state index in [-0.39, 0.29) is 0 Å². The molecule has 0 N–H and O–H groups in total. The summed E-state index contributed by atoms with van der Waals surface area (Å²) < 4.78 is 0. The summed E-state index contributed by atoms with van der Waals surface area (Å²) >= 11 is 8.86. The molecule has 0 amide bonds. The Hall–Kier alpha value is 1.15. The molecule has 0 aromatic heterocycles. The molecule has 0 nitrogen and oxygen atoms in total. The van der Waals surface area contributed by atoms with Crippen molar-refractivity contribution in [1.82, 2.24) is 0 Å². The molecular weight excluding hydrogens is 408 g/mol. The van der Waals surface area contributed by atoms with Crippen LogP contribution < -0.4 is 0 Å². The summed E-state index contributed by atoms with van der Waals surface area (Å²) in [7, 11) is 5.16. The second-order valence-electron chi connectivity index (χ2n) is 4.46. The van der Waals surface area contributed by atoms with E-state index >= 15 is 0 Å². The van der Waals surface area contributed by atoms with Gasteiger partial charge in [-0.3, -0.25) is 0 Å². The topological polar surface area (TPSA) is 0 Å². The Bertz CT molecular complexity index is 269. The average Bonchev–Trinajstić information content (AvgIpc) is 2.62. The monoisotopic (exact) mass is 440 g/mol. The molecule has 0 heterocycles. The van der Waals surface area contributed by atoms with Crippen LogP contribution in [0.4, 0.5) is 0 Å². The maximum atomic E-state index is 5.51. The first-order valence-electron chi connectivity index (χ1n) is 8.27. The molecular formula is C18H34Cl2NiP2-. The number of benzene rings is 1. The molecule has 0 radical (unpaired) electrons. The first kappa shape index (κ1) is 28.9.